The minimum Gasteiger partial charge on any atom is -0.316 e. The van der Waals surface area contributed by atoms with Gasteiger partial charge in [-0.2, -0.15) is 9.90 Å². The SMILES string of the molecule is O=C([C@@H]1CCCN1OC(F)(F)F)N(c1ccccc1)C1CCC2CNCC21. The van der Waals surface area contributed by atoms with Gasteiger partial charge in [0.25, 0.3) is 0 Å². The Balaban J connectivity index is 1.61. The normalized spacial score (nSPS) is 31.2. The van der Waals surface area contributed by atoms with Gasteiger partial charge in [0.1, 0.15) is 6.04 Å². The fourth-order valence-corrected chi connectivity index (χ4v) is 4.90. The molecular weight excluding hydrogens is 359 g/mol. The maximum Gasteiger partial charge on any atom is 0.539 e. The molecule has 4 atom stereocenters. The predicted octanol–water partition coefficient (Wildman–Crippen LogP) is 2.93. The number of fused-ring (bicyclic) bond motifs is 1. The number of hydrogen-bond donors (Lipinski definition) is 1. The first-order valence-electron chi connectivity index (χ1n) is 9.55. The number of benzene rings is 1. The largest absolute Gasteiger partial charge is 0.539 e. The summed E-state index contributed by atoms with van der Waals surface area (Å²) in [6, 6.07) is 8.40. The van der Waals surface area contributed by atoms with E-state index >= 15 is 0 Å². The molecule has 2 aliphatic heterocycles. The average molecular weight is 383 g/mol. The summed E-state index contributed by atoms with van der Waals surface area (Å²) in [6.45, 7) is 1.90. The Morgan fingerprint density at radius 1 is 1.15 bits per heavy atom. The average Bonchev–Trinajstić information content (AvgIpc) is 3.33. The second-order valence-corrected chi connectivity index (χ2v) is 7.61. The molecule has 2 heterocycles. The van der Waals surface area contributed by atoms with Crippen molar-refractivity contribution < 1.29 is 22.8 Å². The van der Waals surface area contributed by atoms with Crippen molar-refractivity contribution in [1.29, 1.82) is 0 Å². The highest BCUT2D eigenvalue weighted by Crippen LogP contribution is 2.40. The summed E-state index contributed by atoms with van der Waals surface area (Å²) in [5.74, 6) is 0.577. The number of alkyl halides is 3. The molecule has 1 aromatic carbocycles. The molecule has 1 aliphatic carbocycles. The van der Waals surface area contributed by atoms with Gasteiger partial charge in [0.2, 0.25) is 5.91 Å². The smallest absolute Gasteiger partial charge is 0.316 e. The molecule has 27 heavy (non-hydrogen) atoms. The van der Waals surface area contributed by atoms with Gasteiger partial charge in [0.05, 0.1) is 0 Å². The van der Waals surface area contributed by atoms with Crippen molar-refractivity contribution in [3.63, 3.8) is 0 Å². The van der Waals surface area contributed by atoms with Crippen LogP contribution in [0.15, 0.2) is 30.3 Å². The molecule has 0 aromatic heterocycles. The Bertz CT molecular complexity index is 670. The Labute approximate surface area is 156 Å². The van der Waals surface area contributed by atoms with Crippen molar-refractivity contribution >= 4 is 11.6 Å². The third kappa shape index (κ3) is 3.83. The lowest BCUT2D eigenvalue weighted by atomic mass is 9.95. The molecule has 148 valence electrons. The minimum atomic E-state index is -4.78. The van der Waals surface area contributed by atoms with Crippen LogP contribution in [-0.2, 0) is 9.63 Å². The van der Waals surface area contributed by atoms with Crippen LogP contribution in [0.3, 0.4) is 0 Å². The number of nitrogens with one attached hydrogen (secondary N) is 1. The number of carbonyl (C=O) groups is 1. The van der Waals surface area contributed by atoms with Crippen LogP contribution in [0.4, 0.5) is 18.9 Å². The lowest BCUT2D eigenvalue weighted by molar-refractivity contribution is -0.414. The molecule has 2 saturated heterocycles. The molecule has 1 aromatic rings. The monoisotopic (exact) mass is 383 g/mol. The second-order valence-electron chi connectivity index (χ2n) is 7.61. The number of rotatable bonds is 4. The molecular formula is C19H24F3N3O2. The van der Waals surface area contributed by atoms with Crippen LogP contribution in [0.2, 0.25) is 0 Å². The van der Waals surface area contributed by atoms with Gasteiger partial charge in [-0.25, -0.2) is 0 Å². The number of hydroxylamine groups is 2. The molecule has 8 heteroatoms. The highest BCUT2D eigenvalue weighted by atomic mass is 19.4. The van der Waals surface area contributed by atoms with Gasteiger partial charge in [-0.1, -0.05) is 18.2 Å². The van der Waals surface area contributed by atoms with Crippen molar-refractivity contribution in [2.45, 2.75) is 44.1 Å². The van der Waals surface area contributed by atoms with Crippen LogP contribution in [-0.4, -0.2) is 49.1 Å². The van der Waals surface area contributed by atoms with E-state index in [0.29, 0.717) is 24.7 Å². The first kappa shape index (κ1) is 18.7. The zero-order valence-electron chi connectivity index (χ0n) is 15.0. The number of carbonyl (C=O) groups excluding carboxylic acids is 1. The lowest BCUT2D eigenvalue weighted by Gasteiger charge is -2.36. The summed E-state index contributed by atoms with van der Waals surface area (Å²) in [5, 5.41) is 4.20. The van der Waals surface area contributed by atoms with Gasteiger partial charge < -0.3 is 10.2 Å². The highest BCUT2D eigenvalue weighted by Gasteiger charge is 2.48. The molecule has 5 nitrogen and oxygen atoms in total. The van der Waals surface area contributed by atoms with Crippen molar-refractivity contribution in [3.8, 4) is 0 Å². The van der Waals surface area contributed by atoms with Crippen molar-refractivity contribution in [2.75, 3.05) is 24.5 Å². The summed E-state index contributed by atoms with van der Waals surface area (Å²) >= 11 is 0. The lowest BCUT2D eigenvalue weighted by Crippen LogP contribution is -2.52. The summed E-state index contributed by atoms with van der Waals surface area (Å²) < 4.78 is 38.2. The molecule has 1 saturated carbocycles. The molecule has 3 aliphatic rings. The molecule has 4 rings (SSSR count). The first-order chi connectivity index (χ1) is 12.9. The molecule has 1 amide bonds. The number of amides is 1. The number of para-hydroxylation sites is 1. The Hall–Kier alpha value is -1.64. The van der Waals surface area contributed by atoms with Crippen molar-refractivity contribution in [2.24, 2.45) is 11.8 Å². The maximum absolute atomic E-state index is 13.4. The van der Waals surface area contributed by atoms with Gasteiger partial charge in [-0.15, -0.1) is 13.2 Å². The Kier molecular flexibility index (Phi) is 5.13. The minimum absolute atomic E-state index is 0.00763. The summed E-state index contributed by atoms with van der Waals surface area (Å²) in [7, 11) is 0. The van der Waals surface area contributed by atoms with Crippen LogP contribution in [0.25, 0.3) is 0 Å². The Morgan fingerprint density at radius 3 is 2.67 bits per heavy atom. The fraction of sp³-hybridized carbons (Fsp3) is 0.632. The van der Waals surface area contributed by atoms with E-state index in [1.807, 2.05) is 30.3 Å². The van der Waals surface area contributed by atoms with E-state index in [1.165, 1.54) is 0 Å². The molecule has 0 spiro atoms. The van der Waals surface area contributed by atoms with Crippen LogP contribution >= 0.6 is 0 Å². The Morgan fingerprint density at radius 2 is 1.93 bits per heavy atom. The van der Waals surface area contributed by atoms with Gasteiger partial charge in [-0.3, -0.25) is 4.79 Å². The van der Waals surface area contributed by atoms with Crippen LogP contribution in [0, 0.1) is 11.8 Å². The molecule has 3 unspecified atom stereocenters. The zero-order valence-corrected chi connectivity index (χ0v) is 15.0. The zero-order chi connectivity index (χ0) is 19.0. The quantitative estimate of drug-likeness (QED) is 0.869. The van der Waals surface area contributed by atoms with Gasteiger partial charge >= 0.3 is 6.36 Å². The van der Waals surface area contributed by atoms with Crippen LogP contribution in [0.1, 0.15) is 25.7 Å². The van der Waals surface area contributed by atoms with Gasteiger partial charge in [0.15, 0.2) is 0 Å². The number of halogens is 3. The van der Waals surface area contributed by atoms with Crippen molar-refractivity contribution in [3.05, 3.63) is 30.3 Å². The first-order valence-corrected chi connectivity index (χ1v) is 9.55. The predicted molar refractivity (Wildman–Crippen MR) is 93.7 cm³/mol. The van der Waals surface area contributed by atoms with E-state index in [4.69, 9.17) is 0 Å². The third-order valence-corrected chi connectivity index (χ3v) is 6.03. The number of hydrogen-bond acceptors (Lipinski definition) is 4. The van der Waals surface area contributed by atoms with E-state index in [-0.39, 0.29) is 18.5 Å². The fourth-order valence-electron chi connectivity index (χ4n) is 4.90. The van der Waals surface area contributed by atoms with Gasteiger partial charge in [-0.05, 0) is 56.2 Å². The molecule has 0 bridgehead atoms. The van der Waals surface area contributed by atoms with Crippen LogP contribution in [0.5, 0.6) is 0 Å². The van der Waals surface area contributed by atoms with Crippen molar-refractivity contribution in [1.82, 2.24) is 10.4 Å². The number of anilines is 1. The van der Waals surface area contributed by atoms with E-state index in [1.54, 1.807) is 4.90 Å². The van der Waals surface area contributed by atoms with Crippen LogP contribution < -0.4 is 10.2 Å². The molecule has 0 radical (unpaired) electrons. The summed E-state index contributed by atoms with van der Waals surface area (Å²) in [5.41, 5.74) is 0.749. The summed E-state index contributed by atoms with van der Waals surface area (Å²) in [6.07, 6.45) is -1.99. The van der Waals surface area contributed by atoms with E-state index in [0.717, 1.165) is 36.7 Å². The summed E-state index contributed by atoms with van der Waals surface area (Å²) in [4.78, 5) is 19.3. The third-order valence-electron chi connectivity index (χ3n) is 6.03. The molecule has 3 fully saturated rings. The second kappa shape index (κ2) is 7.41. The molecule has 1 N–H and O–H groups in total. The topological polar surface area (TPSA) is 44.8 Å². The highest BCUT2D eigenvalue weighted by molar-refractivity contribution is 5.98. The van der Waals surface area contributed by atoms with E-state index in [9.17, 15) is 18.0 Å². The standard InChI is InChI=1S/C19H24F3N3O2/c20-19(21,22)27-24-10-4-7-17(24)18(26)25(14-5-2-1-3-6-14)16-9-8-13-11-23-12-15(13)16/h1-3,5-6,13,15-17,23H,4,7-12H2/t13?,15?,16?,17-/m0/s1. The maximum atomic E-state index is 13.4. The van der Waals surface area contributed by atoms with Gasteiger partial charge in [0, 0.05) is 24.8 Å². The van der Waals surface area contributed by atoms with E-state index < -0.39 is 12.4 Å². The van der Waals surface area contributed by atoms with E-state index in [2.05, 4.69) is 10.2 Å². The number of nitrogens with zero attached hydrogens (tertiary/aromatic N) is 2.